The van der Waals surface area contributed by atoms with Gasteiger partial charge in [-0.2, -0.15) is 0 Å². The first-order valence-corrected chi connectivity index (χ1v) is 8.80. The first-order chi connectivity index (χ1) is 9.37. The Labute approximate surface area is 121 Å². The summed E-state index contributed by atoms with van der Waals surface area (Å²) in [5.41, 5.74) is 0.910. The molecule has 0 saturated carbocycles. The fourth-order valence-electron chi connectivity index (χ4n) is 2.84. The van der Waals surface area contributed by atoms with Crippen molar-refractivity contribution in [2.45, 2.75) is 39.7 Å². The third-order valence-electron chi connectivity index (χ3n) is 3.76. The lowest BCUT2D eigenvalue weighted by Gasteiger charge is -2.23. The van der Waals surface area contributed by atoms with E-state index in [1.807, 2.05) is 26.8 Å². The van der Waals surface area contributed by atoms with Crippen molar-refractivity contribution in [2.75, 3.05) is 18.8 Å². The highest BCUT2D eigenvalue weighted by Crippen LogP contribution is 2.22. The van der Waals surface area contributed by atoms with Crippen LogP contribution in [0.15, 0.2) is 10.5 Å². The van der Waals surface area contributed by atoms with E-state index in [0.29, 0.717) is 0 Å². The van der Waals surface area contributed by atoms with Crippen molar-refractivity contribution in [3.63, 3.8) is 0 Å². The normalized spacial score (nSPS) is 21.9. The summed E-state index contributed by atoms with van der Waals surface area (Å²) < 4.78 is 32.7. The van der Waals surface area contributed by atoms with E-state index >= 15 is 0 Å². The third kappa shape index (κ3) is 4.07. The van der Waals surface area contributed by atoms with Gasteiger partial charge < -0.3 is 9.73 Å². The van der Waals surface area contributed by atoms with E-state index in [-0.39, 0.29) is 17.7 Å². The van der Waals surface area contributed by atoms with Crippen molar-refractivity contribution >= 4 is 10.0 Å². The summed E-state index contributed by atoms with van der Waals surface area (Å²) in [4.78, 5) is 0. The Morgan fingerprint density at radius 1 is 1.50 bits per heavy atom. The molecule has 2 heterocycles. The SMILES string of the molecule is Cc1cc(C(C)NS(=O)(=O)CC2CCCNC2)c(C)o1. The largest absolute Gasteiger partial charge is 0.466 e. The smallest absolute Gasteiger partial charge is 0.212 e. The molecule has 1 fully saturated rings. The summed E-state index contributed by atoms with van der Waals surface area (Å²) in [6.45, 7) is 7.37. The Bertz CT molecular complexity index is 545. The Kier molecular flexibility index (Phi) is 4.88. The monoisotopic (exact) mass is 300 g/mol. The zero-order valence-corrected chi connectivity index (χ0v) is 13.2. The van der Waals surface area contributed by atoms with Gasteiger partial charge in [0, 0.05) is 11.6 Å². The molecule has 1 aliphatic heterocycles. The number of furan rings is 1. The zero-order valence-electron chi connectivity index (χ0n) is 12.4. The van der Waals surface area contributed by atoms with Crippen LogP contribution in [0.4, 0.5) is 0 Å². The molecule has 1 aromatic rings. The number of hydrogen-bond donors (Lipinski definition) is 2. The molecule has 20 heavy (non-hydrogen) atoms. The minimum atomic E-state index is -3.27. The Morgan fingerprint density at radius 3 is 2.80 bits per heavy atom. The molecule has 0 aromatic carbocycles. The summed E-state index contributed by atoms with van der Waals surface area (Å²) in [6.07, 6.45) is 2.03. The van der Waals surface area contributed by atoms with Gasteiger partial charge in [-0.25, -0.2) is 13.1 Å². The van der Waals surface area contributed by atoms with Crippen LogP contribution < -0.4 is 10.0 Å². The second kappa shape index (κ2) is 6.28. The van der Waals surface area contributed by atoms with Gasteiger partial charge in [-0.1, -0.05) is 0 Å². The molecule has 2 unspecified atom stereocenters. The van der Waals surface area contributed by atoms with Crippen LogP contribution in [-0.2, 0) is 10.0 Å². The number of aryl methyl sites for hydroxylation is 2. The fourth-order valence-corrected chi connectivity index (χ4v) is 4.50. The van der Waals surface area contributed by atoms with E-state index in [9.17, 15) is 8.42 Å². The van der Waals surface area contributed by atoms with Gasteiger partial charge in [-0.3, -0.25) is 0 Å². The molecule has 6 heteroatoms. The van der Waals surface area contributed by atoms with E-state index in [0.717, 1.165) is 43.0 Å². The second-order valence-electron chi connectivity index (χ2n) is 5.70. The first kappa shape index (κ1) is 15.5. The maximum atomic E-state index is 12.2. The van der Waals surface area contributed by atoms with Gasteiger partial charge in [0.1, 0.15) is 11.5 Å². The van der Waals surface area contributed by atoms with Gasteiger partial charge in [0.2, 0.25) is 10.0 Å². The molecular formula is C14H24N2O3S. The van der Waals surface area contributed by atoms with Gasteiger partial charge in [-0.15, -0.1) is 0 Å². The first-order valence-electron chi connectivity index (χ1n) is 7.15. The lowest BCUT2D eigenvalue weighted by atomic mass is 10.0. The lowest BCUT2D eigenvalue weighted by Crippen LogP contribution is -2.38. The van der Waals surface area contributed by atoms with Crippen LogP contribution in [0.25, 0.3) is 0 Å². The molecule has 0 amide bonds. The van der Waals surface area contributed by atoms with E-state index in [4.69, 9.17) is 4.42 Å². The predicted octanol–water partition coefficient (Wildman–Crippen LogP) is 1.88. The minimum absolute atomic E-state index is 0.195. The summed E-state index contributed by atoms with van der Waals surface area (Å²) >= 11 is 0. The van der Waals surface area contributed by atoms with Crippen molar-refractivity contribution < 1.29 is 12.8 Å². The van der Waals surface area contributed by atoms with Gasteiger partial charge in [0.15, 0.2) is 0 Å². The summed E-state index contributed by atoms with van der Waals surface area (Å²) in [7, 11) is -3.27. The van der Waals surface area contributed by atoms with Crippen LogP contribution in [0, 0.1) is 19.8 Å². The Balaban J connectivity index is 1.98. The number of rotatable bonds is 5. The van der Waals surface area contributed by atoms with Crippen LogP contribution >= 0.6 is 0 Å². The lowest BCUT2D eigenvalue weighted by molar-refractivity contribution is 0.402. The number of hydrogen-bond acceptors (Lipinski definition) is 4. The van der Waals surface area contributed by atoms with Gasteiger partial charge in [-0.05, 0) is 58.7 Å². The molecule has 1 aromatic heterocycles. The zero-order chi connectivity index (χ0) is 14.8. The molecule has 1 aliphatic rings. The summed E-state index contributed by atoms with van der Waals surface area (Å²) in [5, 5.41) is 3.25. The molecular weight excluding hydrogens is 276 g/mol. The Morgan fingerprint density at radius 2 is 2.25 bits per heavy atom. The average Bonchev–Trinajstić information content (AvgIpc) is 2.68. The standard InChI is InChI=1S/C14H24N2O3S/c1-10-7-14(12(3)19-10)11(2)16-20(17,18)9-13-5-4-6-15-8-13/h7,11,13,15-16H,4-6,8-9H2,1-3H3. The van der Waals surface area contributed by atoms with Crippen molar-refractivity contribution in [3.05, 3.63) is 23.2 Å². The number of sulfonamides is 1. The van der Waals surface area contributed by atoms with Gasteiger partial charge in [0.25, 0.3) is 0 Å². The predicted molar refractivity (Wildman–Crippen MR) is 79.1 cm³/mol. The molecule has 0 spiro atoms. The highest BCUT2D eigenvalue weighted by atomic mass is 32.2. The maximum absolute atomic E-state index is 12.2. The molecule has 0 radical (unpaired) electrons. The molecule has 0 bridgehead atoms. The van der Waals surface area contributed by atoms with Crippen LogP contribution in [0.2, 0.25) is 0 Å². The minimum Gasteiger partial charge on any atom is -0.466 e. The second-order valence-corrected chi connectivity index (χ2v) is 7.50. The topological polar surface area (TPSA) is 71.3 Å². The van der Waals surface area contributed by atoms with Crippen molar-refractivity contribution in [3.8, 4) is 0 Å². The van der Waals surface area contributed by atoms with Gasteiger partial charge >= 0.3 is 0 Å². The average molecular weight is 300 g/mol. The summed E-state index contributed by atoms with van der Waals surface area (Å²) in [6, 6.07) is 1.64. The van der Waals surface area contributed by atoms with Crippen LogP contribution in [-0.4, -0.2) is 27.3 Å². The molecule has 5 nitrogen and oxygen atoms in total. The highest BCUT2D eigenvalue weighted by molar-refractivity contribution is 7.89. The molecule has 114 valence electrons. The Hall–Kier alpha value is -0.850. The van der Waals surface area contributed by atoms with E-state index in [1.165, 1.54) is 0 Å². The van der Waals surface area contributed by atoms with Crippen molar-refractivity contribution in [1.82, 2.24) is 10.0 Å². The number of nitrogens with one attached hydrogen (secondary N) is 2. The van der Waals surface area contributed by atoms with Crippen LogP contribution in [0.1, 0.15) is 42.9 Å². The molecule has 2 N–H and O–H groups in total. The van der Waals surface area contributed by atoms with Crippen LogP contribution in [0.3, 0.4) is 0 Å². The maximum Gasteiger partial charge on any atom is 0.212 e. The highest BCUT2D eigenvalue weighted by Gasteiger charge is 2.24. The fraction of sp³-hybridized carbons (Fsp3) is 0.714. The molecule has 2 rings (SSSR count). The van der Waals surface area contributed by atoms with E-state index in [2.05, 4.69) is 10.0 Å². The molecule has 2 atom stereocenters. The van der Waals surface area contributed by atoms with Crippen molar-refractivity contribution in [1.29, 1.82) is 0 Å². The van der Waals surface area contributed by atoms with Crippen molar-refractivity contribution in [2.24, 2.45) is 5.92 Å². The number of piperidine rings is 1. The quantitative estimate of drug-likeness (QED) is 0.871. The van der Waals surface area contributed by atoms with Gasteiger partial charge in [0.05, 0.1) is 5.75 Å². The van der Waals surface area contributed by atoms with E-state index in [1.54, 1.807) is 0 Å². The summed E-state index contributed by atoms with van der Waals surface area (Å²) in [5.74, 6) is 1.98. The molecule has 1 saturated heterocycles. The van der Waals surface area contributed by atoms with E-state index < -0.39 is 10.0 Å². The van der Waals surface area contributed by atoms with Crippen LogP contribution in [0.5, 0.6) is 0 Å². The molecule has 0 aliphatic carbocycles. The third-order valence-corrected chi connectivity index (χ3v) is 5.38.